The van der Waals surface area contributed by atoms with Crippen LogP contribution in [0.15, 0.2) is 22.6 Å². The molecule has 0 saturated carbocycles. The van der Waals surface area contributed by atoms with E-state index in [0.717, 1.165) is 6.26 Å². The SMILES string of the molecule is CS(=O)(=O)/N=C(\[O-])c1cc(OCCO)cc(OCCO)c1. The van der Waals surface area contributed by atoms with Crippen molar-refractivity contribution in [1.29, 1.82) is 0 Å². The molecule has 0 atom stereocenters. The van der Waals surface area contributed by atoms with Crippen molar-refractivity contribution < 1.29 is 33.2 Å². The third-order valence-corrected chi connectivity index (χ3v) is 2.59. The number of sulfonamides is 1. The Balaban J connectivity index is 3.14. The van der Waals surface area contributed by atoms with Gasteiger partial charge in [-0.25, -0.2) is 8.42 Å². The van der Waals surface area contributed by atoms with Crippen LogP contribution in [0, 0.1) is 0 Å². The fraction of sp³-hybridized carbons (Fsp3) is 0.417. The number of nitrogens with zero attached hydrogens (tertiary/aromatic N) is 1. The van der Waals surface area contributed by atoms with Crippen LogP contribution >= 0.6 is 0 Å². The van der Waals surface area contributed by atoms with Crippen molar-refractivity contribution >= 4 is 15.9 Å². The quantitative estimate of drug-likeness (QED) is 0.440. The minimum atomic E-state index is -3.82. The summed E-state index contributed by atoms with van der Waals surface area (Å²) in [6.07, 6.45) is 0.806. The van der Waals surface area contributed by atoms with E-state index in [9.17, 15) is 13.5 Å². The standard InChI is InChI=1S/C12H17NO7S/c1-21(17,18)13-12(16)9-6-10(19-4-2-14)8-11(7-9)20-5-3-15/h6-8,14-15H,2-5H2,1H3,(H,13,16)/p-1. The van der Waals surface area contributed by atoms with Gasteiger partial charge in [0.2, 0.25) is 10.0 Å². The number of benzene rings is 1. The van der Waals surface area contributed by atoms with Crippen LogP contribution in [0.5, 0.6) is 11.5 Å². The van der Waals surface area contributed by atoms with Crippen LogP contribution in [0.25, 0.3) is 0 Å². The number of hydrogen-bond donors (Lipinski definition) is 2. The summed E-state index contributed by atoms with van der Waals surface area (Å²) in [6, 6.07) is 4.03. The molecule has 0 aliphatic rings. The van der Waals surface area contributed by atoms with Gasteiger partial charge in [0.25, 0.3) is 0 Å². The highest BCUT2D eigenvalue weighted by Gasteiger charge is 2.06. The molecule has 0 aliphatic heterocycles. The Hall–Kier alpha value is -1.84. The van der Waals surface area contributed by atoms with Gasteiger partial charge in [-0.1, -0.05) is 0 Å². The molecule has 0 aromatic heterocycles. The first kappa shape index (κ1) is 17.2. The lowest BCUT2D eigenvalue weighted by atomic mass is 10.2. The zero-order valence-electron chi connectivity index (χ0n) is 11.4. The van der Waals surface area contributed by atoms with Crippen LogP contribution < -0.4 is 14.6 Å². The van der Waals surface area contributed by atoms with Crippen LogP contribution in [-0.2, 0) is 10.0 Å². The lowest BCUT2D eigenvalue weighted by Crippen LogP contribution is -2.21. The molecule has 9 heteroatoms. The smallest absolute Gasteiger partial charge is 0.249 e. The van der Waals surface area contributed by atoms with E-state index in [1.165, 1.54) is 18.2 Å². The van der Waals surface area contributed by atoms with E-state index in [1.54, 1.807) is 0 Å². The van der Waals surface area contributed by atoms with E-state index >= 15 is 0 Å². The molecule has 1 rings (SSSR count). The summed E-state index contributed by atoms with van der Waals surface area (Å²) in [5.74, 6) is -0.529. The maximum Gasteiger partial charge on any atom is 0.249 e. The van der Waals surface area contributed by atoms with E-state index in [0.29, 0.717) is 0 Å². The third-order valence-electron chi connectivity index (χ3n) is 2.10. The van der Waals surface area contributed by atoms with Gasteiger partial charge in [-0.3, -0.25) is 0 Å². The normalized spacial score (nSPS) is 12.2. The second-order valence-electron chi connectivity index (χ2n) is 3.97. The molecule has 0 spiro atoms. The molecule has 21 heavy (non-hydrogen) atoms. The molecular formula is C12H16NO7S-. The Labute approximate surface area is 122 Å². The van der Waals surface area contributed by atoms with Gasteiger partial charge in [0.15, 0.2) is 0 Å². The fourth-order valence-electron chi connectivity index (χ4n) is 1.39. The first-order chi connectivity index (χ1) is 9.85. The van der Waals surface area contributed by atoms with Gasteiger partial charge >= 0.3 is 0 Å². The van der Waals surface area contributed by atoms with Crippen molar-refractivity contribution in [1.82, 2.24) is 0 Å². The highest BCUT2D eigenvalue weighted by molar-refractivity contribution is 7.89. The van der Waals surface area contributed by atoms with Crippen LogP contribution in [0.2, 0.25) is 0 Å². The van der Waals surface area contributed by atoms with Crippen LogP contribution in [0.1, 0.15) is 5.56 Å². The van der Waals surface area contributed by atoms with E-state index in [4.69, 9.17) is 19.7 Å². The third kappa shape index (κ3) is 6.43. The molecule has 0 aliphatic carbocycles. The average molecular weight is 318 g/mol. The summed E-state index contributed by atoms with van der Waals surface area (Å²) >= 11 is 0. The maximum atomic E-state index is 11.8. The molecule has 0 unspecified atom stereocenters. The summed E-state index contributed by atoms with van der Waals surface area (Å²) in [5, 5.41) is 29.2. The van der Waals surface area contributed by atoms with E-state index in [2.05, 4.69) is 4.40 Å². The summed E-state index contributed by atoms with van der Waals surface area (Å²) in [4.78, 5) is 0. The lowest BCUT2D eigenvalue weighted by molar-refractivity contribution is -0.212. The number of aliphatic hydroxyl groups excluding tert-OH is 2. The predicted molar refractivity (Wildman–Crippen MR) is 73.0 cm³/mol. The number of rotatable bonds is 8. The van der Waals surface area contributed by atoms with Crippen molar-refractivity contribution in [3.05, 3.63) is 23.8 Å². The Bertz CT molecular complexity index is 571. The molecule has 118 valence electrons. The van der Waals surface area contributed by atoms with Crippen LogP contribution in [0.3, 0.4) is 0 Å². The van der Waals surface area contributed by atoms with Crippen molar-refractivity contribution in [2.75, 3.05) is 32.7 Å². The van der Waals surface area contributed by atoms with Gasteiger partial charge in [-0.05, 0) is 17.7 Å². The van der Waals surface area contributed by atoms with Gasteiger partial charge in [0.05, 0.1) is 19.5 Å². The molecule has 1 aromatic carbocycles. The largest absolute Gasteiger partial charge is 0.858 e. The Kier molecular flexibility index (Phi) is 6.40. The van der Waals surface area contributed by atoms with Gasteiger partial charge < -0.3 is 24.8 Å². The molecule has 8 nitrogen and oxygen atoms in total. The molecule has 0 heterocycles. The predicted octanol–water partition coefficient (Wildman–Crippen LogP) is -1.50. The molecule has 0 saturated heterocycles. The first-order valence-corrected chi connectivity index (χ1v) is 7.80. The molecule has 1 aromatic rings. The number of hydrogen-bond acceptors (Lipinski definition) is 7. The fourth-order valence-corrected chi connectivity index (χ4v) is 1.80. The highest BCUT2D eigenvalue weighted by atomic mass is 32.2. The van der Waals surface area contributed by atoms with Gasteiger partial charge in [-0.15, -0.1) is 0 Å². The Morgan fingerprint density at radius 3 is 2.00 bits per heavy atom. The zero-order valence-corrected chi connectivity index (χ0v) is 12.2. The summed E-state index contributed by atoms with van der Waals surface area (Å²) in [5.41, 5.74) is -0.0381. The zero-order chi connectivity index (χ0) is 15.9. The number of ether oxygens (including phenoxy) is 2. The van der Waals surface area contributed by atoms with E-state index < -0.39 is 15.9 Å². The van der Waals surface area contributed by atoms with Gasteiger partial charge in [0.1, 0.15) is 24.7 Å². The van der Waals surface area contributed by atoms with Crippen molar-refractivity contribution in [2.45, 2.75) is 0 Å². The molecule has 0 fully saturated rings. The second-order valence-corrected chi connectivity index (χ2v) is 5.62. The maximum absolute atomic E-state index is 11.8. The summed E-state index contributed by atoms with van der Waals surface area (Å²) in [6.45, 7) is -0.446. The average Bonchev–Trinajstić information content (AvgIpc) is 2.40. The molecule has 2 N–H and O–H groups in total. The summed E-state index contributed by atoms with van der Waals surface area (Å²) in [7, 11) is -3.82. The van der Waals surface area contributed by atoms with Crippen LogP contribution in [-0.4, -0.2) is 57.2 Å². The molecular weight excluding hydrogens is 302 g/mol. The molecule has 0 radical (unpaired) electrons. The Morgan fingerprint density at radius 1 is 1.14 bits per heavy atom. The van der Waals surface area contributed by atoms with E-state index in [-0.39, 0.29) is 43.5 Å². The molecule has 0 amide bonds. The van der Waals surface area contributed by atoms with Crippen LogP contribution in [0.4, 0.5) is 0 Å². The minimum Gasteiger partial charge on any atom is -0.858 e. The highest BCUT2D eigenvalue weighted by Crippen LogP contribution is 2.23. The number of aliphatic hydroxyl groups is 2. The van der Waals surface area contributed by atoms with Gasteiger partial charge in [0, 0.05) is 12.0 Å². The molecule has 0 bridgehead atoms. The minimum absolute atomic E-state index is 0.000301. The van der Waals surface area contributed by atoms with Gasteiger partial charge in [-0.2, -0.15) is 4.40 Å². The topological polar surface area (TPSA) is 128 Å². The lowest BCUT2D eigenvalue weighted by Gasteiger charge is -2.15. The monoisotopic (exact) mass is 318 g/mol. The second kappa shape index (κ2) is 7.81. The summed E-state index contributed by atoms with van der Waals surface area (Å²) < 4.78 is 35.4. The van der Waals surface area contributed by atoms with Crippen molar-refractivity contribution in [2.24, 2.45) is 4.40 Å². The Morgan fingerprint density at radius 2 is 1.62 bits per heavy atom. The van der Waals surface area contributed by atoms with Crippen molar-refractivity contribution in [3.8, 4) is 11.5 Å². The van der Waals surface area contributed by atoms with E-state index in [1.807, 2.05) is 0 Å². The van der Waals surface area contributed by atoms with Crippen molar-refractivity contribution in [3.63, 3.8) is 0 Å². The first-order valence-electron chi connectivity index (χ1n) is 5.95.